The molecule has 8 heteroatoms. The summed E-state index contributed by atoms with van der Waals surface area (Å²) in [6.45, 7) is 1.80. The van der Waals surface area contributed by atoms with Gasteiger partial charge in [0.15, 0.2) is 6.61 Å². The van der Waals surface area contributed by atoms with Crippen molar-refractivity contribution in [3.63, 3.8) is 0 Å². The van der Waals surface area contributed by atoms with Gasteiger partial charge in [-0.2, -0.15) is 0 Å². The molecule has 0 spiro atoms. The Bertz CT molecular complexity index is 516. The lowest BCUT2D eigenvalue weighted by atomic mass is 10.2. The molecule has 1 aromatic rings. The lowest BCUT2D eigenvalue weighted by Gasteiger charge is -2.22. The summed E-state index contributed by atoms with van der Waals surface area (Å²) in [5, 5.41) is 5.89. The molecule has 1 fully saturated rings. The zero-order valence-electron chi connectivity index (χ0n) is 13.2. The molecule has 23 heavy (non-hydrogen) atoms. The van der Waals surface area contributed by atoms with Gasteiger partial charge in [0.2, 0.25) is 0 Å². The van der Waals surface area contributed by atoms with Crippen LogP contribution in [0.15, 0.2) is 24.3 Å². The zero-order valence-corrected chi connectivity index (χ0v) is 14.0. The first-order valence-electron chi connectivity index (χ1n) is 7.12. The number of carbonyl (C=O) groups excluding carboxylic acids is 2. The van der Waals surface area contributed by atoms with Gasteiger partial charge in [-0.25, -0.2) is 0 Å². The second-order valence-electron chi connectivity index (χ2n) is 5.15. The van der Waals surface area contributed by atoms with Crippen LogP contribution in [0.25, 0.3) is 0 Å². The molecule has 1 aliphatic heterocycles. The summed E-state index contributed by atoms with van der Waals surface area (Å²) < 4.78 is 10.7. The fourth-order valence-electron chi connectivity index (χ4n) is 1.87. The molecule has 128 valence electrons. The quantitative estimate of drug-likeness (QED) is 0.814. The van der Waals surface area contributed by atoms with E-state index in [0.29, 0.717) is 24.6 Å². The van der Waals surface area contributed by atoms with E-state index >= 15 is 0 Å². The molecule has 1 unspecified atom stereocenters. The predicted molar refractivity (Wildman–Crippen MR) is 89.1 cm³/mol. The number of hydrogen-bond donors (Lipinski definition) is 2. The van der Waals surface area contributed by atoms with Crippen LogP contribution in [-0.4, -0.2) is 63.2 Å². The van der Waals surface area contributed by atoms with Crippen LogP contribution in [0, 0.1) is 0 Å². The molecule has 0 saturated carbocycles. The van der Waals surface area contributed by atoms with Crippen molar-refractivity contribution in [2.45, 2.75) is 6.10 Å². The highest BCUT2D eigenvalue weighted by atomic mass is 35.5. The highest BCUT2D eigenvalue weighted by Crippen LogP contribution is 2.16. The summed E-state index contributed by atoms with van der Waals surface area (Å²) in [6, 6.07) is 6.87. The average molecular weight is 344 g/mol. The Hall–Kier alpha value is -1.83. The Morgan fingerprint density at radius 1 is 1.35 bits per heavy atom. The molecule has 7 nitrogen and oxygen atoms in total. The number of carbonyl (C=O) groups is 2. The van der Waals surface area contributed by atoms with Crippen molar-refractivity contribution < 1.29 is 19.1 Å². The number of benzene rings is 1. The van der Waals surface area contributed by atoms with E-state index in [2.05, 4.69) is 10.6 Å². The second-order valence-corrected chi connectivity index (χ2v) is 5.15. The lowest BCUT2D eigenvalue weighted by Crippen LogP contribution is -2.45. The number of amides is 2. The van der Waals surface area contributed by atoms with E-state index in [1.54, 1.807) is 38.4 Å². The van der Waals surface area contributed by atoms with E-state index in [1.165, 1.54) is 4.90 Å². The number of rotatable bonds is 5. The molecule has 1 aliphatic rings. The van der Waals surface area contributed by atoms with Crippen molar-refractivity contribution in [3.8, 4) is 5.75 Å². The van der Waals surface area contributed by atoms with Crippen molar-refractivity contribution in [2.24, 2.45) is 0 Å². The van der Waals surface area contributed by atoms with Crippen LogP contribution in [0.5, 0.6) is 5.75 Å². The summed E-state index contributed by atoms with van der Waals surface area (Å²) in [4.78, 5) is 24.9. The summed E-state index contributed by atoms with van der Waals surface area (Å²) in [5.74, 6) is 0.284. The summed E-state index contributed by atoms with van der Waals surface area (Å²) >= 11 is 0. The predicted octanol–water partition coefficient (Wildman–Crippen LogP) is 0.502. The largest absolute Gasteiger partial charge is 0.484 e. The molecular weight excluding hydrogens is 322 g/mol. The number of ether oxygens (including phenoxy) is 2. The Morgan fingerprint density at radius 3 is 2.61 bits per heavy atom. The smallest absolute Gasteiger partial charge is 0.259 e. The van der Waals surface area contributed by atoms with Crippen LogP contribution in [0.1, 0.15) is 0 Å². The third-order valence-electron chi connectivity index (χ3n) is 3.20. The monoisotopic (exact) mass is 343 g/mol. The number of morpholine rings is 1. The molecule has 0 aliphatic carbocycles. The Morgan fingerprint density at radius 2 is 2.04 bits per heavy atom. The maximum absolute atomic E-state index is 12.0. The third kappa shape index (κ3) is 6.05. The summed E-state index contributed by atoms with van der Waals surface area (Å²) in [5.41, 5.74) is 0.658. The molecule has 1 heterocycles. The SMILES string of the molecule is CN(C)C(=O)COc1ccc(NC(=O)C2CNCCO2)cc1.Cl. The molecule has 0 aromatic heterocycles. The first-order valence-corrected chi connectivity index (χ1v) is 7.12. The topological polar surface area (TPSA) is 79.9 Å². The first kappa shape index (κ1) is 19.2. The van der Waals surface area contributed by atoms with Gasteiger partial charge < -0.3 is 25.0 Å². The minimum Gasteiger partial charge on any atom is -0.484 e. The Kier molecular flexibility index (Phi) is 7.80. The van der Waals surface area contributed by atoms with Gasteiger partial charge in [-0.1, -0.05) is 0 Å². The molecule has 2 amide bonds. The van der Waals surface area contributed by atoms with Crippen molar-refractivity contribution in [1.82, 2.24) is 10.2 Å². The fourth-order valence-corrected chi connectivity index (χ4v) is 1.87. The summed E-state index contributed by atoms with van der Waals surface area (Å²) in [6.07, 6.45) is -0.470. The Labute approximate surface area is 141 Å². The second kappa shape index (κ2) is 9.34. The molecule has 2 rings (SSSR count). The van der Waals surface area contributed by atoms with Crippen LogP contribution in [0.4, 0.5) is 5.69 Å². The van der Waals surface area contributed by atoms with E-state index in [4.69, 9.17) is 9.47 Å². The van der Waals surface area contributed by atoms with Gasteiger partial charge in [-0.05, 0) is 24.3 Å². The van der Waals surface area contributed by atoms with E-state index in [1.807, 2.05) is 0 Å². The number of likely N-dealkylation sites (N-methyl/N-ethyl adjacent to an activating group) is 1. The fraction of sp³-hybridized carbons (Fsp3) is 0.467. The van der Waals surface area contributed by atoms with Gasteiger partial charge in [-0.3, -0.25) is 9.59 Å². The number of hydrogen-bond acceptors (Lipinski definition) is 5. The van der Waals surface area contributed by atoms with Crippen molar-refractivity contribution in [3.05, 3.63) is 24.3 Å². The highest BCUT2D eigenvalue weighted by Gasteiger charge is 2.21. The van der Waals surface area contributed by atoms with Crippen LogP contribution < -0.4 is 15.4 Å². The van der Waals surface area contributed by atoms with E-state index < -0.39 is 6.10 Å². The molecule has 0 bridgehead atoms. The number of halogens is 1. The molecule has 1 saturated heterocycles. The zero-order chi connectivity index (χ0) is 15.9. The Balaban J connectivity index is 0.00000264. The van der Waals surface area contributed by atoms with Crippen molar-refractivity contribution >= 4 is 29.9 Å². The van der Waals surface area contributed by atoms with Gasteiger partial charge in [0.1, 0.15) is 11.9 Å². The van der Waals surface area contributed by atoms with E-state index in [9.17, 15) is 9.59 Å². The maximum Gasteiger partial charge on any atom is 0.259 e. The molecule has 2 N–H and O–H groups in total. The van der Waals surface area contributed by atoms with Gasteiger partial charge in [0, 0.05) is 32.9 Å². The summed E-state index contributed by atoms with van der Waals surface area (Å²) in [7, 11) is 3.35. The first-order chi connectivity index (χ1) is 10.6. The molecule has 1 atom stereocenters. The molecule has 1 aromatic carbocycles. The minimum atomic E-state index is -0.470. The van der Waals surface area contributed by atoms with Gasteiger partial charge in [-0.15, -0.1) is 12.4 Å². The number of nitrogens with one attached hydrogen (secondary N) is 2. The van der Waals surface area contributed by atoms with Gasteiger partial charge in [0.25, 0.3) is 11.8 Å². The number of nitrogens with zero attached hydrogens (tertiary/aromatic N) is 1. The van der Waals surface area contributed by atoms with Gasteiger partial charge in [0.05, 0.1) is 6.61 Å². The van der Waals surface area contributed by atoms with E-state index in [-0.39, 0.29) is 30.8 Å². The van der Waals surface area contributed by atoms with Gasteiger partial charge >= 0.3 is 0 Å². The van der Waals surface area contributed by atoms with Crippen LogP contribution in [0.2, 0.25) is 0 Å². The third-order valence-corrected chi connectivity index (χ3v) is 3.20. The van der Waals surface area contributed by atoms with Crippen molar-refractivity contribution in [2.75, 3.05) is 45.7 Å². The standard InChI is InChI=1S/C15H21N3O4.ClH/c1-18(2)14(19)10-22-12-5-3-11(4-6-12)17-15(20)13-9-16-7-8-21-13;/h3-6,13,16H,7-10H2,1-2H3,(H,17,20);1H. The van der Waals surface area contributed by atoms with Crippen LogP contribution in [0.3, 0.4) is 0 Å². The molecular formula is C15H22ClN3O4. The maximum atomic E-state index is 12.0. The normalized spacial score (nSPS) is 16.9. The average Bonchev–Trinajstić information content (AvgIpc) is 2.54. The number of anilines is 1. The molecule has 0 radical (unpaired) electrons. The van der Waals surface area contributed by atoms with E-state index in [0.717, 1.165) is 6.54 Å². The highest BCUT2D eigenvalue weighted by molar-refractivity contribution is 5.94. The lowest BCUT2D eigenvalue weighted by molar-refractivity contribution is -0.130. The van der Waals surface area contributed by atoms with Crippen LogP contribution >= 0.6 is 12.4 Å². The van der Waals surface area contributed by atoms with Crippen LogP contribution in [-0.2, 0) is 14.3 Å². The van der Waals surface area contributed by atoms with Crippen molar-refractivity contribution in [1.29, 1.82) is 0 Å². The minimum absolute atomic E-state index is 0.